The van der Waals surface area contributed by atoms with Crippen LogP contribution in [0.15, 0.2) is 23.4 Å². The number of aromatic hydroxyl groups is 1. The number of carbonyl (C=O) groups is 2. The van der Waals surface area contributed by atoms with Crippen LogP contribution in [-0.2, 0) is 16.0 Å². The predicted molar refractivity (Wildman–Crippen MR) is 62.5 cm³/mol. The summed E-state index contributed by atoms with van der Waals surface area (Å²) in [5, 5.41) is 23.0. The van der Waals surface area contributed by atoms with E-state index in [2.05, 4.69) is 10.5 Å². The third kappa shape index (κ3) is 3.55. The fourth-order valence-corrected chi connectivity index (χ4v) is 1.45. The van der Waals surface area contributed by atoms with Gasteiger partial charge in [0, 0.05) is 13.3 Å². The molecule has 7 nitrogen and oxygen atoms in total. The number of nitrogens with one attached hydrogen (secondary N) is 1. The number of nitrogens with zero attached hydrogens (tertiary/aromatic N) is 1. The molecule has 0 heterocycles. The van der Waals surface area contributed by atoms with Gasteiger partial charge >= 0.3 is 5.97 Å². The van der Waals surface area contributed by atoms with Crippen molar-refractivity contribution in [2.24, 2.45) is 5.18 Å². The van der Waals surface area contributed by atoms with E-state index in [0.717, 1.165) is 0 Å². The Morgan fingerprint density at radius 3 is 2.61 bits per heavy atom. The average Bonchev–Trinajstić information content (AvgIpc) is 2.29. The lowest BCUT2D eigenvalue weighted by Gasteiger charge is -2.13. The molecule has 7 heteroatoms. The summed E-state index contributed by atoms with van der Waals surface area (Å²) in [4.78, 5) is 32.1. The van der Waals surface area contributed by atoms with E-state index in [0.29, 0.717) is 5.56 Å². The minimum atomic E-state index is -1.18. The number of hydrogen-bond acceptors (Lipinski definition) is 5. The number of nitroso groups, excluding NO2 is 1. The molecule has 0 saturated carbocycles. The van der Waals surface area contributed by atoms with Crippen LogP contribution >= 0.6 is 0 Å². The van der Waals surface area contributed by atoms with Crippen LogP contribution in [0.5, 0.6) is 5.75 Å². The van der Waals surface area contributed by atoms with E-state index in [-0.39, 0.29) is 17.9 Å². The normalized spacial score (nSPS) is 11.6. The van der Waals surface area contributed by atoms with E-state index in [4.69, 9.17) is 5.11 Å². The summed E-state index contributed by atoms with van der Waals surface area (Å²) in [7, 11) is 0. The molecule has 0 aliphatic heterocycles. The Bertz CT molecular complexity index is 486. The Hall–Kier alpha value is -2.44. The lowest BCUT2D eigenvalue weighted by molar-refractivity contribution is -0.141. The summed E-state index contributed by atoms with van der Waals surface area (Å²) in [6.45, 7) is 1.21. The number of carboxylic acid groups (broad SMARTS) is 1. The number of phenolic OH excluding ortho intramolecular Hbond substituents is 1. The van der Waals surface area contributed by atoms with Gasteiger partial charge in [-0.3, -0.25) is 4.79 Å². The van der Waals surface area contributed by atoms with Crippen LogP contribution in [0.2, 0.25) is 0 Å². The van der Waals surface area contributed by atoms with Crippen LogP contribution in [0.25, 0.3) is 0 Å². The van der Waals surface area contributed by atoms with Crippen LogP contribution in [0.3, 0.4) is 0 Å². The minimum absolute atomic E-state index is 0.00227. The van der Waals surface area contributed by atoms with Crippen molar-refractivity contribution < 1.29 is 19.8 Å². The summed E-state index contributed by atoms with van der Waals surface area (Å²) >= 11 is 0. The number of phenols is 1. The molecular weight excluding hydrogens is 240 g/mol. The average molecular weight is 252 g/mol. The van der Waals surface area contributed by atoms with Gasteiger partial charge in [-0.25, -0.2) is 4.79 Å². The van der Waals surface area contributed by atoms with Crippen LogP contribution < -0.4 is 5.32 Å². The summed E-state index contributed by atoms with van der Waals surface area (Å²) in [5.41, 5.74) is 0.308. The lowest BCUT2D eigenvalue weighted by atomic mass is 10.0. The van der Waals surface area contributed by atoms with Crippen LogP contribution in [0.4, 0.5) is 5.69 Å². The molecular formula is C11H12N2O5. The zero-order chi connectivity index (χ0) is 13.7. The number of amides is 1. The first-order chi connectivity index (χ1) is 8.43. The standard InChI is InChI=1S/C11H12N2O5/c1-6(14)12-9(11(16)17)5-7-2-3-10(15)8(4-7)13-18/h2-4,9,15H,5H2,1H3,(H,12,14)(H,16,17)/t9-/m0/s1. The Labute approximate surface area is 102 Å². The topological polar surface area (TPSA) is 116 Å². The van der Waals surface area contributed by atoms with Crippen molar-refractivity contribution in [1.29, 1.82) is 0 Å². The Kier molecular flexibility index (Phi) is 4.36. The van der Waals surface area contributed by atoms with Crippen LogP contribution in [-0.4, -0.2) is 28.1 Å². The molecule has 0 spiro atoms. The predicted octanol–water partition coefficient (Wildman–Crippen LogP) is 0.922. The van der Waals surface area contributed by atoms with Gasteiger partial charge in [-0.1, -0.05) is 6.07 Å². The maximum atomic E-state index is 10.9. The summed E-state index contributed by atoms with van der Waals surface area (Å²) in [5.74, 6) is -1.92. The van der Waals surface area contributed by atoms with Gasteiger partial charge in [0.15, 0.2) is 0 Å². The second-order valence-electron chi connectivity index (χ2n) is 3.71. The van der Waals surface area contributed by atoms with Gasteiger partial charge in [-0.15, -0.1) is 4.91 Å². The molecule has 1 aromatic carbocycles. The Morgan fingerprint density at radius 2 is 2.11 bits per heavy atom. The monoisotopic (exact) mass is 252 g/mol. The molecule has 0 saturated heterocycles. The molecule has 0 aliphatic carbocycles. The van der Waals surface area contributed by atoms with E-state index < -0.39 is 17.9 Å². The third-order valence-electron chi connectivity index (χ3n) is 2.25. The van der Waals surface area contributed by atoms with Crippen molar-refractivity contribution >= 4 is 17.6 Å². The largest absolute Gasteiger partial charge is 0.506 e. The number of aliphatic carboxylic acids is 1. The number of carbonyl (C=O) groups excluding carboxylic acids is 1. The number of carboxylic acids is 1. The van der Waals surface area contributed by atoms with Gasteiger partial charge in [0.25, 0.3) is 0 Å². The van der Waals surface area contributed by atoms with Crippen molar-refractivity contribution in [1.82, 2.24) is 5.32 Å². The molecule has 0 radical (unpaired) electrons. The summed E-state index contributed by atoms with van der Waals surface area (Å²) < 4.78 is 0. The highest BCUT2D eigenvalue weighted by atomic mass is 16.4. The first-order valence-electron chi connectivity index (χ1n) is 5.09. The number of rotatable bonds is 5. The van der Waals surface area contributed by atoms with Crippen molar-refractivity contribution in [3.63, 3.8) is 0 Å². The van der Waals surface area contributed by atoms with Crippen LogP contribution in [0, 0.1) is 4.91 Å². The van der Waals surface area contributed by atoms with Gasteiger partial charge in [0.1, 0.15) is 17.5 Å². The molecule has 0 fully saturated rings. The van der Waals surface area contributed by atoms with Crippen molar-refractivity contribution in [3.8, 4) is 5.75 Å². The molecule has 96 valence electrons. The molecule has 0 bridgehead atoms. The molecule has 0 unspecified atom stereocenters. The van der Waals surface area contributed by atoms with E-state index >= 15 is 0 Å². The second-order valence-corrected chi connectivity index (χ2v) is 3.71. The molecule has 3 N–H and O–H groups in total. The molecule has 1 aromatic rings. The van der Waals surface area contributed by atoms with Gasteiger partial charge in [-0.2, -0.15) is 0 Å². The fraction of sp³-hybridized carbons (Fsp3) is 0.273. The number of hydrogen-bond donors (Lipinski definition) is 3. The first kappa shape index (κ1) is 13.6. The highest BCUT2D eigenvalue weighted by molar-refractivity contribution is 5.82. The van der Waals surface area contributed by atoms with Gasteiger partial charge in [0.05, 0.1) is 0 Å². The van der Waals surface area contributed by atoms with E-state index in [1.165, 1.54) is 25.1 Å². The Balaban J connectivity index is 2.90. The van der Waals surface area contributed by atoms with Crippen LogP contribution in [0.1, 0.15) is 12.5 Å². The van der Waals surface area contributed by atoms with Gasteiger partial charge in [0.2, 0.25) is 5.91 Å². The summed E-state index contributed by atoms with van der Waals surface area (Å²) in [6, 6.07) is 2.90. The molecule has 1 atom stereocenters. The SMILES string of the molecule is CC(=O)N[C@@H](Cc1ccc(O)c(N=O)c1)C(=O)O. The van der Waals surface area contributed by atoms with Crippen molar-refractivity contribution in [2.45, 2.75) is 19.4 Å². The molecule has 0 aliphatic rings. The number of benzene rings is 1. The quantitative estimate of drug-likeness (QED) is 0.674. The molecule has 1 rings (SSSR count). The van der Waals surface area contributed by atoms with Gasteiger partial charge < -0.3 is 15.5 Å². The minimum Gasteiger partial charge on any atom is -0.506 e. The lowest BCUT2D eigenvalue weighted by Crippen LogP contribution is -2.41. The first-order valence-corrected chi connectivity index (χ1v) is 5.09. The van der Waals surface area contributed by atoms with E-state index in [1.807, 2.05) is 0 Å². The maximum absolute atomic E-state index is 10.9. The van der Waals surface area contributed by atoms with Crippen molar-refractivity contribution in [3.05, 3.63) is 28.7 Å². The highest BCUT2D eigenvalue weighted by Crippen LogP contribution is 2.27. The molecule has 1 amide bonds. The second kappa shape index (κ2) is 5.76. The zero-order valence-corrected chi connectivity index (χ0v) is 9.58. The molecule has 18 heavy (non-hydrogen) atoms. The van der Waals surface area contributed by atoms with Gasteiger partial charge in [-0.05, 0) is 22.9 Å². The van der Waals surface area contributed by atoms with Crippen molar-refractivity contribution in [2.75, 3.05) is 0 Å². The highest BCUT2D eigenvalue weighted by Gasteiger charge is 2.19. The van der Waals surface area contributed by atoms with E-state index in [1.54, 1.807) is 0 Å². The third-order valence-corrected chi connectivity index (χ3v) is 2.25. The molecule has 0 aromatic heterocycles. The zero-order valence-electron chi connectivity index (χ0n) is 9.58. The Morgan fingerprint density at radius 1 is 1.44 bits per heavy atom. The summed E-state index contributed by atoms with van der Waals surface area (Å²) in [6.07, 6.45) is -0.00227. The fourth-order valence-electron chi connectivity index (χ4n) is 1.45. The van der Waals surface area contributed by atoms with E-state index in [9.17, 15) is 19.6 Å². The smallest absolute Gasteiger partial charge is 0.326 e. The maximum Gasteiger partial charge on any atom is 0.326 e.